The number of thiazole rings is 1. The molecular formula is C23H24F2N2OS. The van der Waals surface area contributed by atoms with Gasteiger partial charge in [0.2, 0.25) is 5.91 Å². The van der Waals surface area contributed by atoms with E-state index in [0.29, 0.717) is 16.7 Å². The maximum Gasteiger partial charge on any atom is 0.235 e. The molecule has 1 atom stereocenters. The Morgan fingerprint density at radius 3 is 2.45 bits per heavy atom. The fourth-order valence-electron chi connectivity index (χ4n) is 3.18. The van der Waals surface area contributed by atoms with Gasteiger partial charge in [0.15, 0.2) is 5.13 Å². The number of likely N-dealkylation sites (N-methyl/N-ethyl adjacent to an activating group) is 1. The first-order chi connectivity index (χ1) is 13.8. The van der Waals surface area contributed by atoms with Gasteiger partial charge in [0.1, 0.15) is 11.6 Å². The molecule has 0 aliphatic rings. The van der Waals surface area contributed by atoms with E-state index < -0.39 is 11.6 Å². The Labute approximate surface area is 174 Å². The van der Waals surface area contributed by atoms with E-state index in [1.165, 1.54) is 21.8 Å². The molecule has 3 nitrogen and oxygen atoms in total. The third-order valence-corrected chi connectivity index (χ3v) is 5.73. The molecule has 2 aromatic carbocycles. The predicted molar refractivity (Wildman–Crippen MR) is 114 cm³/mol. The van der Waals surface area contributed by atoms with Gasteiger partial charge in [0.05, 0.1) is 11.6 Å². The van der Waals surface area contributed by atoms with Crippen LogP contribution >= 0.6 is 11.3 Å². The number of aromatic nitrogens is 1. The molecule has 0 aliphatic carbocycles. The standard InChI is InChI=1S/C23H24F2N2OS/c1-14(2)11-16-5-7-17(8-6-16)15(3)22(28)27(4)23-26-21(13-29-23)19-12-18(24)9-10-20(19)25/h5-10,12-15H,11H2,1-4H3. The topological polar surface area (TPSA) is 33.2 Å². The van der Waals surface area contributed by atoms with E-state index >= 15 is 0 Å². The van der Waals surface area contributed by atoms with Crippen molar-refractivity contribution in [2.45, 2.75) is 33.1 Å². The van der Waals surface area contributed by atoms with Gasteiger partial charge in [-0.15, -0.1) is 11.3 Å². The molecule has 1 unspecified atom stereocenters. The first-order valence-corrected chi connectivity index (χ1v) is 10.4. The normalized spacial score (nSPS) is 12.2. The Morgan fingerprint density at radius 1 is 1.10 bits per heavy atom. The molecule has 1 heterocycles. The third-order valence-electron chi connectivity index (χ3n) is 4.81. The van der Waals surface area contributed by atoms with Gasteiger partial charge in [-0.05, 0) is 48.6 Å². The summed E-state index contributed by atoms with van der Waals surface area (Å²) in [5.74, 6) is -0.955. The van der Waals surface area contributed by atoms with Crippen LogP contribution in [0.3, 0.4) is 0 Å². The number of halogens is 2. The van der Waals surface area contributed by atoms with Crippen LogP contribution in [0, 0.1) is 17.6 Å². The lowest BCUT2D eigenvalue weighted by Crippen LogP contribution is -2.30. The van der Waals surface area contributed by atoms with E-state index in [1.54, 1.807) is 12.4 Å². The van der Waals surface area contributed by atoms with Crippen molar-refractivity contribution in [3.63, 3.8) is 0 Å². The molecule has 0 aliphatic heterocycles. The van der Waals surface area contributed by atoms with Crippen molar-refractivity contribution in [2.75, 3.05) is 11.9 Å². The maximum absolute atomic E-state index is 14.0. The van der Waals surface area contributed by atoms with E-state index in [2.05, 4.69) is 31.0 Å². The number of rotatable bonds is 6. The monoisotopic (exact) mass is 414 g/mol. The molecule has 1 amide bonds. The highest BCUT2D eigenvalue weighted by atomic mass is 32.1. The summed E-state index contributed by atoms with van der Waals surface area (Å²) in [4.78, 5) is 18.7. The van der Waals surface area contributed by atoms with Crippen LogP contribution in [-0.2, 0) is 11.2 Å². The average Bonchev–Trinajstić information content (AvgIpc) is 3.18. The van der Waals surface area contributed by atoms with Gasteiger partial charge in [-0.1, -0.05) is 38.1 Å². The second-order valence-electron chi connectivity index (χ2n) is 7.60. The van der Waals surface area contributed by atoms with Crippen LogP contribution in [-0.4, -0.2) is 17.9 Å². The quantitative estimate of drug-likeness (QED) is 0.492. The number of hydrogen-bond acceptors (Lipinski definition) is 3. The maximum atomic E-state index is 14.0. The zero-order chi connectivity index (χ0) is 21.1. The summed E-state index contributed by atoms with van der Waals surface area (Å²) in [5.41, 5.74) is 2.58. The lowest BCUT2D eigenvalue weighted by Gasteiger charge is -2.19. The minimum atomic E-state index is -0.549. The van der Waals surface area contributed by atoms with Crippen LogP contribution in [0.25, 0.3) is 11.3 Å². The molecule has 29 heavy (non-hydrogen) atoms. The molecule has 0 radical (unpaired) electrons. The van der Waals surface area contributed by atoms with Gasteiger partial charge in [-0.25, -0.2) is 13.8 Å². The van der Waals surface area contributed by atoms with Crippen LogP contribution in [0.5, 0.6) is 0 Å². The second kappa shape index (κ2) is 8.82. The molecule has 0 saturated carbocycles. The minimum absolute atomic E-state index is 0.0853. The molecule has 0 bridgehead atoms. The molecule has 0 fully saturated rings. The van der Waals surface area contributed by atoms with Gasteiger partial charge in [0.25, 0.3) is 0 Å². The summed E-state index contributed by atoms with van der Waals surface area (Å²) in [7, 11) is 1.65. The first kappa shape index (κ1) is 21.1. The third kappa shape index (κ3) is 4.88. The van der Waals surface area contributed by atoms with Crippen LogP contribution in [0.2, 0.25) is 0 Å². The summed E-state index contributed by atoms with van der Waals surface area (Å²) in [6.45, 7) is 6.21. The Morgan fingerprint density at radius 2 is 1.79 bits per heavy atom. The molecular weight excluding hydrogens is 390 g/mol. The fraction of sp³-hybridized carbons (Fsp3) is 0.304. The smallest absolute Gasteiger partial charge is 0.235 e. The Hall–Kier alpha value is -2.60. The van der Waals surface area contributed by atoms with Gasteiger partial charge < -0.3 is 0 Å². The van der Waals surface area contributed by atoms with Crippen LogP contribution < -0.4 is 4.90 Å². The largest absolute Gasteiger partial charge is 0.291 e. The Bertz CT molecular complexity index is 998. The van der Waals surface area contributed by atoms with Crippen molar-refractivity contribution in [3.05, 3.63) is 70.6 Å². The van der Waals surface area contributed by atoms with E-state index in [1.807, 2.05) is 19.1 Å². The SMILES string of the molecule is CC(C)Cc1ccc(C(C)C(=O)N(C)c2nc(-c3cc(F)ccc3F)cs2)cc1. The number of amides is 1. The fourth-order valence-corrected chi connectivity index (χ4v) is 3.97. The highest BCUT2D eigenvalue weighted by Gasteiger charge is 2.23. The summed E-state index contributed by atoms with van der Waals surface area (Å²) in [6, 6.07) is 11.4. The van der Waals surface area contributed by atoms with Crippen molar-refractivity contribution in [1.82, 2.24) is 4.98 Å². The number of carbonyl (C=O) groups is 1. The van der Waals surface area contributed by atoms with E-state index in [9.17, 15) is 13.6 Å². The van der Waals surface area contributed by atoms with Crippen molar-refractivity contribution in [2.24, 2.45) is 5.92 Å². The number of benzene rings is 2. The molecule has 1 aromatic heterocycles. The van der Waals surface area contributed by atoms with Gasteiger partial charge in [-0.3, -0.25) is 9.69 Å². The number of carbonyl (C=O) groups excluding carboxylic acids is 1. The van der Waals surface area contributed by atoms with E-state index in [-0.39, 0.29) is 17.4 Å². The zero-order valence-electron chi connectivity index (χ0n) is 16.9. The number of anilines is 1. The van der Waals surface area contributed by atoms with Gasteiger partial charge in [-0.2, -0.15) is 0 Å². The molecule has 6 heteroatoms. The van der Waals surface area contributed by atoms with Crippen molar-refractivity contribution in [3.8, 4) is 11.3 Å². The first-order valence-electron chi connectivity index (χ1n) is 9.53. The molecule has 3 rings (SSSR count). The number of nitrogens with zero attached hydrogens (tertiary/aromatic N) is 2. The molecule has 0 N–H and O–H groups in total. The van der Waals surface area contributed by atoms with E-state index in [4.69, 9.17) is 0 Å². The molecule has 0 spiro atoms. The van der Waals surface area contributed by atoms with Crippen LogP contribution in [0.1, 0.15) is 37.8 Å². The van der Waals surface area contributed by atoms with Crippen LogP contribution in [0.4, 0.5) is 13.9 Å². The second-order valence-corrected chi connectivity index (χ2v) is 8.43. The highest BCUT2D eigenvalue weighted by Crippen LogP contribution is 2.30. The predicted octanol–water partition coefficient (Wildman–Crippen LogP) is 6.05. The van der Waals surface area contributed by atoms with Crippen molar-refractivity contribution in [1.29, 1.82) is 0 Å². The zero-order valence-corrected chi connectivity index (χ0v) is 17.8. The van der Waals surface area contributed by atoms with Crippen molar-refractivity contribution < 1.29 is 13.6 Å². The Kier molecular flexibility index (Phi) is 6.42. The lowest BCUT2D eigenvalue weighted by atomic mass is 9.96. The van der Waals surface area contributed by atoms with Crippen LogP contribution in [0.15, 0.2) is 47.8 Å². The summed E-state index contributed by atoms with van der Waals surface area (Å²) in [5, 5.41) is 2.07. The summed E-state index contributed by atoms with van der Waals surface area (Å²) < 4.78 is 27.5. The van der Waals surface area contributed by atoms with Gasteiger partial charge >= 0.3 is 0 Å². The highest BCUT2D eigenvalue weighted by molar-refractivity contribution is 7.14. The Balaban J connectivity index is 1.76. The number of hydrogen-bond donors (Lipinski definition) is 0. The van der Waals surface area contributed by atoms with E-state index in [0.717, 1.165) is 30.2 Å². The average molecular weight is 415 g/mol. The summed E-state index contributed by atoms with van der Waals surface area (Å²) >= 11 is 1.22. The van der Waals surface area contributed by atoms with Crippen molar-refractivity contribution >= 4 is 22.4 Å². The minimum Gasteiger partial charge on any atom is -0.291 e. The summed E-state index contributed by atoms with van der Waals surface area (Å²) in [6.07, 6.45) is 1.00. The lowest BCUT2D eigenvalue weighted by molar-refractivity contribution is -0.119. The molecule has 3 aromatic rings. The molecule has 152 valence electrons. The van der Waals surface area contributed by atoms with Gasteiger partial charge in [0, 0.05) is 18.0 Å². The molecule has 0 saturated heterocycles.